The molecule has 2 unspecified atom stereocenters. The number of carbonyl (C=O) groups excluding carboxylic acids is 2. The van der Waals surface area contributed by atoms with E-state index in [1.165, 1.54) is 6.20 Å². The van der Waals surface area contributed by atoms with Gasteiger partial charge in [-0.2, -0.15) is 0 Å². The Morgan fingerprint density at radius 3 is 2.30 bits per heavy atom. The van der Waals surface area contributed by atoms with Gasteiger partial charge in [-0.15, -0.1) is 0 Å². The second-order valence-corrected chi connectivity index (χ2v) is 8.37. The van der Waals surface area contributed by atoms with E-state index in [9.17, 15) is 23.5 Å². The maximum atomic E-state index is 13.9. The van der Waals surface area contributed by atoms with Gasteiger partial charge in [0.15, 0.2) is 17.8 Å². The fraction of sp³-hybridized carbons (Fsp3) is 0.0714. The van der Waals surface area contributed by atoms with Gasteiger partial charge in [0.1, 0.15) is 23.4 Å². The number of hydrogen-bond acceptors (Lipinski definition) is 6. The molecule has 0 spiro atoms. The highest BCUT2D eigenvalue weighted by Gasteiger charge is 2.33. The van der Waals surface area contributed by atoms with Crippen molar-refractivity contribution in [2.24, 2.45) is 0 Å². The molecule has 2 atom stereocenters. The number of aliphatic hydroxyl groups is 1. The predicted molar refractivity (Wildman–Crippen MR) is 133 cm³/mol. The molecule has 2 heterocycles. The van der Waals surface area contributed by atoms with Crippen LogP contribution in [0.4, 0.5) is 14.5 Å². The Hall–Kier alpha value is -4.76. The molecule has 3 aromatic carbocycles. The molecular weight excluding hydrogens is 478 g/mol. The number of carbonyl (C=O) groups is 2. The number of benzene rings is 3. The Bertz CT molecular complexity index is 1570. The van der Waals surface area contributed by atoms with Crippen LogP contribution in [0.25, 0.3) is 11.0 Å². The van der Waals surface area contributed by atoms with E-state index in [4.69, 9.17) is 0 Å². The van der Waals surface area contributed by atoms with Crippen LogP contribution < -0.4 is 5.32 Å². The maximum Gasteiger partial charge on any atom is 0.181 e. The third kappa shape index (κ3) is 5.12. The number of nitrogens with zero attached hydrogens (tertiary/aromatic N) is 2. The molecule has 184 valence electrons. The van der Waals surface area contributed by atoms with E-state index in [1.807, 2.05) is 0 Å². The van der Waals surface area contributed by atoms with Crippen molar-refractivity contribution in [1.29, 1.82) is 0 Å². The number of imidazole rings is 1. The lowest BCUT2D eigenvalue weighted by molar-refractivity contribution is 0.0855. The standard InChI is InChI=1S/C28H20F2N4O3/c29-19-11-18(12-20(30)13-19)26(36)24(25(35)16-5-2-1-3-6-16)27-33-22-9-8-21(14-23(22)34-27)32-28(37)17-7-4-10-31-15-17/h1-15,24,28,32,37H,(H,33,34). The van der Waals surface area contributed by atoms with Gasteiger partial charge < -0.3 is 15.4 Å². The summed E-state index contributed by atoms with van der Waals surface area (Å²) in [5.74, 6) is -4.66. The molecule has 3 N–H and O–H groups in total. The topological polar surface area (TPSA) is 108 Å². The number of halogens is 2. The maximum absolute atomic E-state index is 13.9. The lowest BCUT2D eigenvalue weighted by atomic mass is 9.89. The molecule has 7 nitrogen and oxygen atoms in total. The van der Waals surface area contributed by atoms with Crippen LogP contribution in [0.2, 0.25) is 0 Å². The molecule has 0 saturated heterocycles. The minimum atomic E-state index is -1.46. The van der Waals surface area contributed by atoms with Crippen molar-refractivity contribution in [3.63, 3.8) is 0 Å². The lowest BCUT2D eigenvalue weighted by Gasteiger charge is -2.14. The van der Waals surface area contributed by atoms with Crippen molar-refractivity contribution in [2.45, 2.75) is 12.1 Å². The number of H-pyrrole nitrogens is 1. The summed E-state index contributed by atoms with van der Waals surface area (Å²) in [6.07, 6.45) is 2.11. The van der Waals surface area contributed by atoms with Gasteiger partial charge in [0.25, 0.3) is 0 Å². The number of rotatable bonds is 8. The van der Waals surface area contributed by atoms with Gasteiger partial charge in [0.05, 0.1) is 11.0 Å². The van der Waals surface area contributed by atoms with E-state index in [2.05, 4.69) is 20.3 Å². The van der Waals surface area contributed by atoms with Crippen LogP contribution in [0.15, 0.2) is 91.3 Å². The molecule has 0 radical (unpaired) electrons. The molecule has 5 aromatic rings. The number of nitrogens with one attached hydrogen (secondary N) is 2. The highest BCUT2D eigenvalue weighted by atomic mass is 19.1. The van der Waals surface area contributed by atoms with Crippen molar-refractivity contribution in [3.05, 3.63) is 125 Å². The van der Waals surface area contributed by atoms with Crippen LogP contribution >= 0.6 is 0 Å². The smallest absolute Gasteiger partial charge is 0.181 e. The molecular formula is C28H20F2N4O3. The molecule has 2 aromatic heterocycles. The summed E-state index contributed by atoms with van der Waals surface area (Å²) in [5.41, 5.74) is 2.02. The van der Waals surface area contributed by atoms with Gasteiger partial charge in [-0.1, -0.05) is 36.4 Å². The van der Waals surface area contributed by atoms with Gasteiger partial charge in [-0.3, -0.25) is 14.6 Å². The van der Waals surface area contributed by atoms with Crippen molar-refractivity contribution < 1.29 is 23.5 Å². The van der Waals surface area contributed by atoms with Gasteiger partial charge in [0.2, 0.25) is 0 Å². The summed E-state index contributed by atoms with van der Waals surface area (Å²) in [4.78, 5) is 38.3. The van der Waals surface area contributed by atoms with Crippen molar-refractivity contribution in [2.75, 3.05) is 5.32 Å². The molecule has 0 fully saturated rings. The zero-order valence-corrected chi connectivity index (χ0v) is 19.2. The van der Waals surface area contributed by atoms with E-state index in [1.54, 1.807) is 66.9 Å². The number of aliphatic hydroxyl groups excluding tert-OH is 1. The van der Waals surface area contributed by atoms with Gasteiger partial charge >= 0.3 is 0 Å². The summed E-state index contributed by atoms with van der Waals surface area (Å²) in [6.45, 7) is 0. The van der Waals surface area contributed by atoms with Crippen LogP contribution in [-0.4, -0.2) is 31.6 Å². The Morgan fingerprint density at radius 2 is 1.59 bits per heavy atom. The fourth-order valence-electron chi connectivity index (χ4n) is 4.03. The first-order valence-electron chi connectivity index (χ1n) is 11.3. The molecule has 37 heavy (non-hydrogen) atoms. The number of ketones is 2. The average Bonchev–Trinajstić information content (AvgIpc) is 3.32. The second kappa shape index (κ2) is 10.1. The number of hydrogen-bond donors (Lipinski definition) is 3. The van der Waals surface area contributed by atoms with E-state index in [0.717, 1.165) is 12.1 Å². The van der Waals surface area contributed by atoms with Crippen molar-refractivity contribution >= 4 is 28.3 Å². The molecule has 0 aliphatic heterocycles. The number of pyridine rings is 1. The quantitative estimate of drug-likeness (QED) is 0.154. The summed E-state index contributed by atoms with van der Waals surface area (Å²) < 4.78 is 27.8. The first-order chi connectivity index (χ1) is 17.9. The molecule has 0 aliphatic rings. The predicted octanol–water partition coefficient (Wildman–Crippen LogP) is 5.19. The largest absolute Gasteiger partial charge is 0.369 e. The average molecular weight is 498 g/mol. The normalized spacial score (nSPS) is 12.7. The van der Waals surface area contributed by atoms with E-state index >= 15 is 0 Å². The summed E-state index contributed by atoms with van der Waals surface area (Å²) in [7, 11) is 0. The fourth-order valence-corrected chi connectivity index (χ4v) is 4.03. The van der Waals surface area contributed by atoms with E-state index in [0.29, 0.717) is 28.4 Å². The Balaban J connectivity index is 1.52. The minimum absolute atomic E-state index is 0.0310. The second-order valence-electron chi connectivity index (χ2n) is 8.37. The molecule has 5 rings (SSSR count). The van der Waals surface area contributed by atoms with Crippen LogP contribution in [-0.2, 0) is 0 Å². The Labute approximate surface area is 209 Å². The SMILES string of the molecule is O=C(c1ccccc1)C(C(=O)c1cc(F)cc(F)c1)c1nc2ccc(NC(O)c3cccnc3)cc2[nH]1. The Kier molecular flexibility index (Phi) is 6.53. The summed E-state index contributed by atoms with van der Waals surface area (Å²) in [5, 5.41) is 13.4. The van der Waals surface area contributed by atoms with Crippen molar-refractivity contribution in [1.82, 2.24) is 15.0 Å². The zero-order chi connectivity index (χ0) is 25.9. The molecule has 0 aliphatic carbocycles. The zero-order valence-electron chi connectivity index (χ0n) is 19.2. The van der Waals surface area contributed by atoms with Gasteiger partial charge in [-0.05, 0) is 36.4 Å². The third-order valence-electron chi connectivity index (χ3n) is 5.81. The number of aromatic nitrogens is 3. The number of fused-ring (bicyclic) bond motifs is 1. The van der Waals surface area contributed by atoms with Crippen LogP contribution in [0.3, 0.4) is 0 Å². The lowest BCUT2D eigenvalue weighted by Crippen LogP contribution is -2.24. The molecule has 0 bridgehead atoms. The van der Waals surface area contributed by atoms with E-state index in [-0.39, 0.29) is 17.0 Å². The van der Waals surface area contributed by atoms with Gasteiger partial charge in [-0.25, -0.2) is 13.8 Å². The highest BCUT2D eigenvalue weighted by Crippen LogP contribution is 2.28. The summed E-state index contributed by atoms with van der Waals surface area (Å²) in [6, 6.07) is 19.0. The monoisotopic (exact) mass is 498 g/mol. The van der Waals surface area contributed by atoms with E-state index < -0.39 is 35.3 Å². The number of aromatic amines is 1. The summed E-state index contributed by atoms with van der Waals surface area (Å²) >= 11 is 0. The minimum Gasteiger partial charge on any atom is -0.369 e. The molecule has 0 saturated carbocycles. The van der Waals surface area contributed by atoms with Crippen LogP contribution in [0.1, 0.15) is 44.2 Å². The van der Waals surface area contributed by atoms with Crippen molar-refractivity contribution in [3.8, 4) is 0 Å². The third-order valence-corrected chi connectivity index (χ3v) is 5.81. The van der Waals surface area contributed by atoms with Crippen LogP contribution in [0, 0.1) is 11.6 Å². The highest BCUT2D eigenvalue weighted by molar-refractivity contribution is 6.19. The first kappa shape index (κ1) is 24.0. The Morgan fingerprint density at radius 1 is 0.865 bits per heavy atom. The first-order valence-corrected chi connectivity index (χ1v) is 11.3. The molecule has 0 amide bonds. The number of Topliss-reactive ketones (excluding diaryl/α,β-unsaturated/α-hetero) is 2. The molecule has 9 heteroatoms. The van der Waals surface area contributed by atoms with Gasteiger partial charge in [0, 0.05) is 40.8 Å². The number of anilines is 1. The van der Waals surface area contributed by atoms with Crippen LogP contribution in [0.5, 0.6) is 0 Å².